The fourth-order valence-corrected chi connectivity index (χ4v) is 11.3. The molecule has 0 bridgehead atoms. The predicted molar refractivity (Wildman–Crippen MR) is 353 cm³/mol. The van der Waals surface area contributed by atoms with Gasteiger partial charge in [-0.25, -0.2) is 4.79 Å². The Bertz CT molecular complexity index is 3530. The molecule has 516 valence electrons. The van der Waals surface area contributed by atoms with Crippen molar-refractivity contribution in [3.8, 4) is 5.75 Å². The number of phenols is 1. The molecule has 1 unspecified atom stereocenters. The molecule has 1 saturated heterocycles. The van der Waals surface area contributed by atoms with Crippen LogP contribution in [0.5, 0.6) is 5.75 Å². The fourth-order valence-electron chi connectivity index (χ4n) is 11.3. The van der Waals surface area contributed by atoms with Crippen molar-refractivity contribution in [2.45, 2.75) is 159 Å². The number of benzene rings is 4. The largest absolute Gasteiger partial charge is 0.508 e. The van der Waals surface area contributed by atoms with Crippen LogP contribution in [0.15, 0.2) is 115 Å². The summed E-state index contributed by atoms with van der Waals surface area (Å²) in [4.78, 5) is 171. The minimum atomic E-state index is -1.96. The number of nitrogens with zero attached hydrogens (tertiary/aromatic N) is 1. The average molecular weight is 1330 g/mol. The van der Waals surface area contributed by atoms with Gasteiger partial charge >= 0.3 is 11.9 Å². The van der Waals surface area contributed by atoms with E-state index in [9.17, 15) is 63.3 Å². The van der Waals surface area contributed by atoms with Crippen LogP contribution in [-0.2, 0) is 83.2 Å². The van der Waals surface area contributed by atoms with Gasteiger partial charge in [0.1, 0.15) is 60.1 Å². The molecule has 10 amide bonds. The van der Waals surface area contributed by atoms with Crippen LogP contribution in [0.4, 0.5) is 0 Å². The number of carboxylic acid groups (broad SMARTS) is 2. The number of hydrogen-bond acceptors (Lipinski definition) is 15. The molecular weight excluding hydrogens is 1240 g/mol. The molecule has 28 heteroatoms. The van der Waals surface area contributed by atoms with Crippen molar-refractivity contribution in [1.29, 1.82) is 0 Å². The second kappa shape index (κ2) is 35.9. The van der Waals surface area contributed by atoms with Gasteiger partial charge in [0.15, 0.2) is 0 Å². The van der Waals surface area contributed by atoms with Crippen LogP contribution in [0, 0.1) is 17.8 Å². The van der Waals surface area contributed by atoms with E-state index in [2.05, 4.69) is 47.5 Å². The monoisotopic (exact) mass is 1330 g/mol. The Morgan fingerprint density at radius 2 is 1.02 bits per heavy atom. The van der Waals surface area contributed by atoms with E-state index in [-0.39, 0.29) is 75.6 Å². The maximum atomic E-state index is 15.2. The average Bonchev–Trinajstić information content (AvgIpc) is 1.62. The van der Waals surface area contributed by atoms with Gasteiger partial charge in [-0.15, -0.1) is 0 Å². The van der Waals surface area contributed by atoms with Crippen molar-refractivity contribution >= 4 is 81.9 Å². The van der Waals surface area contributed by atoms with Gasteiger partial charge in [0.25, 0.3) is 0 Å². The number of H-pyrrole nitrogens is 1. The van der Waals surface area contributed by atoms with E-state index in [1.54, 1.807) is 124 Å². The highest BCUT2D eigenvalue weighted by atomic mass is 16.4. The summed E-state index contributed by atoms with van der Waals surface area (Å²) in [5, 5.41) is 51.6. The van der Waals surface area contributed by atoms with Gasteiger partial charge in [-0.2, -0.15) is 0 Å². The second-order valence-electron chi connectivity index (χ2n) is 25.0. The first-order valence-corrected chi connectivity index (χ1v) is 31.9. The lowest BCUT2D eigenvalue weighted by atomic mass is 9.98. The normalized spacial score (nSPS) is 16.4. The molecule has 1 aliphatic rings. The van der Waals surface area contributed by atoms with Crippen LogP contribution >= 0.6 is 0 Å². The first kappa shape index (κ1) is 74.8. The first-order valence-electron chi connectivity index (χ1n) is 31.9. The molecule has 1 aliphatic heterocycles. The Kier molecular flexibility index (Phi) is 28.0. The van der Waals surface area contributed by atoms with Crippen molar-refractivity contribution < 1.29 is 72.9 Å². The summed E-state index contributed by atoms with van der Waals surface area (Å²) in [6.07, 6.45) is -0.427. The summed E-state index contributed by atoms with van der Waals surface area (Å²) in [5.74, 6) is -13.3. The van der Waals surface area contributed by atoms with Crippen molar-refractivity contribution in [1.82, 2.24) is 52.4 Å². The number of phenolic OH excluding ortho intramolecular Hbond substituents is 1. The van der Waals surface area contributed by atoms with Crippen LogP contribution in [-0.4, -0.2) is 170 Å². The van der Waals surface area contributed by atoms with Gasteiger partial charge in [0, 0.05) is 49.3 Å². The molecular formula is C68H89N13O15. The van der Waals surface area contributed by atoms with E-state index in [1.807, 2.05) is 13.8 Å². The number of amides is 10. The highest BCUT2D eigenvalue weighted by molar-refractivity contribution is 6.00. The number of carbonyl (C=O) groups excluding carboxylic acids is 10. The van der Waals surface area contributed by atoms with Gasteiger partial charge in [-0.3, -0.25) is 52.7 Å². The highest BCUT2D eigenvalue weighted by Crippen LogP contribution is 2.27. The first-order chi connectivity index (χ1) is 45.6. The van der Waals surface area contributed by atoms with E-state index in [0.717, 1.165) is 0 Å². The van der Waals surface area contributed by atoms with Crippen LogP contribution in [0.25, 0.3) is 10.9 Å². The summed E-state index contributed by atoms with van der Waals surface area (Å²) < 4.78 is 0. The minimum absolute atomic E-state index is 0.0124. The summed E-state index contributed by atoms with van der Waals surface area (Å²) in [7, 11) is 0. The summed E-state index contributed by atoms with van der Waals surface area (Å²) in [5.41, 5.74) is 20.2. The molecule has 2 heterocycles. The molecule has 4 aromatic carbocycles. The van der Waals surface area contributed by atoms with E-state index in [4.69, 9.17) is 17.2 Å². The third-order valence-electron chi connectivity index (χ3n) is 16.5. The Morgan fingerprint density at radius 1 is 0.552 bits per heavy atom. The second-order valence-corrected chi connectivity index (χ2v) is 25.0. The number of carboxylic acids is 2. The molecule has 96 heavy (non-hydrogen) atoms. The molecule has 18 N–H and O–H groups in total. The third-order valence-corrected chi connectivity index (χ3v) is 16.5. The SMILES string of the molecule is CC(C)C[C@H](NC(=O)[C@H](CCCN)NC(=O)[C@@H](N)C(C)C)C(=O)N[C@@H](Cc1ccc(O)cc1)C(=O)N1CCC(C)[C@H]1C(=O)N[C@@H](Cc1ccccc1)C(=O)N[C@@H](Cc1ccccc1)C(=O)N[C@@H](CC(N)=O)C(=O)N[C@@H](CC(=O)O)C(=O)N[C@@H](Cc1c[nH]c2ccccc12)C(=O)O. The predicted octanol–water partition coefficient (Wildman–Crippen LogP) is 0.463. The number of aromatic amines is 1. The number of carbonyl (C=O) groups is 12. The third kappa shape index (κ3) is 22.2. The minimum Gasteiger partial charge on any atom is -0.508 e. The maximum Gasteiger partial charge on any atom is 0.326 e. The molecule has 0 saturated carbocycles. The van der Waals surface area contributed by atoms with E-state index >= 15 is 9.59 Å². The number of primary amides is 1. The van der Waals surface area contributed by atoms with Gasteiger partial charge in [-0.1, -0.05) is 126 Å². The smallest absolute Gasteiger partial charge is 0.326 e. The number of fused-ring (bicyclic) bond motifs is 1. The van der Waals surface area contributed by atoms with Crippen LogP contribution in [0.2, 0.25) is 0 Å². The number of hydrogen-bond donors (Lipinski definition) is 15. The Hall–Kier alpha value is -10.2. The maximum absolute atomic E-state index is 15.2. The number of rotatable bonds is 36. The number of para-hydroxylation sites is 1. The Balaban J connectivity index is 1.26. The molecule has 6 rings (SSSR count). The fraction of sp³-hybridized carbons (Fsp3) is 0.441. The molecule has 0 aliphatic carbocycles. The standard InChI is InChI=1S/C68H89N13O15/c1-37(2)29-48(74-59(86)47(21-14-27-69)73-65(92)57(71)38(3)4)60(87)79-53(32-42-22-24-44(82)25-23-42)67(94)81-28-26-39(5)58(81)66(93)78-50(31-41-17-10-7-11-18-41)62(89)75-49(30-40-15-8-6-9-16-40)61(88)76-51(34-55(70)83)63(90)77-52(35-56(84)85)64(91)80-54(68(95)96)33-43-36-72-46-20-13-12-19-45(43)46/h6-13,15-20,22-25,36-39,47-54,57-58,72,82H,14,21,26-35,69,71H2,1-5H3,(H2,70,83)(H,73,92)(H,74,86)(H,75,89)(H,76,88)(H,77,90)(H,78,93)(H,79,87)(H,80,91)(H,84,85)(H,95,96)/t39?,47-,48-,49-,50-,51-,52-,53-,54-,57-,58-/m0/s1. The van der Waals surface area contributed by atoms with Crippen molar-refractivity contribution in [3.05, 3.63) is 138 Å². The van der Waals surface area contributed by atoms with Gasteiger partial charge in [0.2, 0.25) is 59.1 Å². The topological polar surface area (TPSA) is 459 Å². The number of aromatic nitrogens is 1. The molecule has 28 nitrogen and oxygen atoms in total. The molecule has 0 spiro atoms. The van der Waals surface area contributed by atoms with E-state index in [0.29, 0.717) is 39.6 Å². The van der Waals surface area contributed by atoms with Gasteiger partial charge < -0.3 is 84.9 Å². The zero-order valence-corrected chi connectivity index (χ0v) is 54.4. The molecule has 0 radical (unpaired) electrons. The summed E-state index contributed by atoms with van der Waals surface area (Å²) in [6.45, 7) is 9.10. The van der Waals surface area contributed by atoms with Crippen LogP contribution in [0.1, 0.15) is 95.4 Å². The Morgan fingerprint density at radius 3 is 1.57 bits per heavy atom. The number of aliphatic carboxylic acids is 2. The number of nitrogens with two attached hydrogens (primary N) is 3. The highest BCUT2D eigenvalue weighted by Gasteiger charge is 2.44. The van der Waals surface area contributed by atoms with E-state index < -0.39 is 150 Å². The zero-order chi connectivity index (χ0) is 70.3. The van der Waals surface area contributed by atoms with Crippen molar-refractivity contribution in [2.75, 3.05) is 13.1 Å². The van der Waals surface area contributed by atoms with Crippen molar-refractivity contribution in [2.24, 2.45) is 35.0 Å². The lowest BCUT2D eigenvalue weighted by molar-refractivity contribution is -0.144. The Labute approximate surface area is 555 Å². The molecule has 1 fully saturated rings. The number of nitrogens with one attached hydrogen (secondary N) is 9. The van der Waals surface area contributed by atoms with Gasteiger partial charge in [0.05, 0.1) is 18.9 Å². The van der Waals surface area contributed by atoms with Crippen LogP contribution in [0.3, 0.4) is 0 Å². The van der Waals surface area contributed by atoms with Gasteiger partial charge in [-0.05, 0) is 90.4 Å². The quantitative estimate of drug-likeness (QED) is 0.0259. The lowest BCUT2D eigenvalue weighted by Gasteiger charge is -2.32. The summed E-state index contributed by atoms with van der Waals surface area (Å²) in [6, 6.07) is 15.1. The molecule has 11 atom stereocenters. The number of aromatic hydroxyl groups is 1. The molecule has 5 aromatic rings. The van der Waals surface area contributed by atoms with Crippen LogP contribution < -0.4 is 59.7 Å². The molecule has 1 aromatic heterocycles. The van der Waals surface area contributed by atoms with E-state index in [1.165, 1.54) is 17.0 Å². The summed E-state index contributed by atoms with van der Waals surface area (Å²) >= 11 is 0. The number of likely N-dealkylation sites (tertiary alicyclic amines) is 1. The lowest BCUT2D eigenvalue weighted by Crippen LogP contribution is -2.61. The zero-order valence-electron chi connectivity index (χ0n) is 54.4. The van der Waals surface area contributed by atoms with Crippen molar-refractivity contribution in [3.63, 3.8) is 0 Å².